The second kappa shape index (κ2) is 11.5. The van der Waals surface area contributed by atoms with Crippen molar-refractivity contribution in [1.82, 2.24) is 0 Å². The van der Waals surface area contributed by atoms with Crippen molar-refractivity contribution >= 4 is 16.9 Å². The Bertz CT molecular complexity index is 1500. The van der Waals surface area contributed by atoms with E-state index in [0.717, 1.165) is 12.1 Å². The van der Waals surface area contributed by atoms with E-state index in [9.17, 15) is 50.4 Å². The topological polar surface area (TPSA) is 246 Å². The van der Waals surface area contributed by atoms with Crippen LogP contribution in [0.2, 0.25) is 0 Å². The summed E-state index contributed by atoms with van der Waals surface area (Å²) in [5, 5.41) is 79.6. The van der Waals surface area contributed by atoms with E-state index in [2.05, 4.69) is 0 Å². The summed E-state index contributed by atoms with van der Waals surface area (Å²) < 4.78 is 27.4. The van der Waals surface area contributed by atoms with Gasteiger partial charge in [-0.3, -0.25) is 4.79 Å². The van der Waals surface area contributed by atoms with Gasteiger partial charge in [0.1, 0.15) is 70.6 Å². The van der Waals surface area contributed by atoms with Gasteiger partial charge in [0, 0.05) is 23.8 Å². The summed E-state index contributed by atoms with van der Waals surface area (Å²) in [5.74, 6) is -2.08. The van der Waals surface area contributed by atoms with Crippen molar-refractivity contribution in [3.63, 3.8) is 0 Å². The van der Waals surface area contributed by atoms with Gasteiger partial charge in [-0.25, -0.2) is 4.79 Å². The first-order chi connectivity index (χ1) is 19.8. The first kappa shape index (κ1) is 29.7. The van der Waals surface area contributed by atoms with Crippen LogP contribution in [-0.4, -0.2) is 108 Å². The molecule has 8 N–H and O–H groups in total. The molecule has 0 radical (unpaired) electrons. The van der Waals surface area contributed by atoms with Crippen molar-refractivity contribution in [3.05, 3.63) is 52.7 Å². The maximum atomic E-state index is 12.8. The quantitative estimate of drug-likeness (QED) is 0.165. The molecule has 2 fully saturated rings. The highest BCUT2D eigenvalue weighted by Gasteiger charge is 2.48. The fourth-order valence-corrected chi connectivity index (χ4v) is 4.68. The van der Waals surface area contributed by atoms with Crippen LogP contribution in [0, 0.1) is 0 Å². The van der Waals surface area contributed by atoms with Crippen LogP contribution < -0.4 is 14.9 Å². The third-order valence-electron chi connectivity index (χ3n) is 7.05. The number of aliphatic hydroxyl groups excluding tert-OH is 6. The van der Waals surface area contributed by atoms with Gasteiger partial charge in [0.2, 0.25) is 12.6 Å². The van der Waals surface area contributed by atoms with Gasteiger partial charge in [-0.15, -0.1) is 0 Å². The molecule has 2 aromatic carbocycles. The molecule has 0 amide bonds. The lowest BCUT2D eigenvalue weighted by molar-refractivity contribution is -0.271. The molecule has 42 heavy (non-hydrogen) atoms. The minimum Gasteiger partial charge on any atom is -0.507 e. The predicted octanol–water partition coefficient (Wildman–Crippen LogP) is -1.36. The Hall–Kier alpha value is -3.80. The summed E-state index contributed by atoms with van der Waals surface area (Å²) in [6, 6.07) is 9.33. The van der Waals surface area contributed by atoms with E-state index in [-0.39, 0.29) is 28.2 Å². The number of ether oxygens (including phenoxy) is 4. The number of carbonyl (C=O) groups is 1. The highest BCUT2D eigenvalue weighted by molar-refractivity contribution is 5.86. The molecule has 15 nitrogen and oxygen atoms in total. The number of aromatic hydroxyl groups is 1. The second-order valence-corrected chi connectivity index (χ2v) is 9.97. The molecule has 226 valence electrons. The van der Waals surface area contributed by atoms with Crippen LogP contribution in [0.3, 0.4) is 0 Å². The zero-order valence-electron chi connectivity index (χ0n) is 21.8. The average molecular weight is 593 g/mol. The fourth-order valence-electron chi connectivity index (χ4n) is 4.68. The van der Waals surface area contributed by atoms with E-state index in [4.69, 9.17) is 23.4 Å². The van der Waals surface area contributed by atoms with E-state index >= 15 is 0 Å². The number of carboxylic acid groups (broad SMARTS) is 1. The Morgan fingerprint density at radius 3 is 2.00 bits per heavy atom. The van der Waals surface area contributed by atoms with Gasteiger partial charge in [0.25, 0.3) is 0 Å². The summed E-state index contributed by atoms with van der Waals surface area (Å²) in [7, 11) is 0. The normalized spacial score (nSPS) is 33.3. The standard InChI is InChI=1S/C27H28O15/c1-9-18(30)19(31)22(34)26(38-9)39-11-4-2-10(3-5-11)15-8-14(29)17-13(28)6-12(7-16(17)41-15)40-27-23(35)20(32)21(33)24(42-27)25(36)37/h2-9,18-24,26-28,30-35H,1H3,(H,36,37)/t9-,18-,19+,20+,21-,22-,23-,24+,26-,27+/m0/s1. The molecule has 3 aromatic rings. The third kappa shape index (κ3) is 5.51. The van der Waals surface area contributed by atoms with E-state index in [0.29, 0.717) is 5.56 Å². The van der Waals surface area contributed by atoms with Crippen molar-refractivity contribution in [2.45, 2.75) is 68.3 Å². The average Bonchev–Trinajstić information content (AvgIpc) is 2.94. The highest BCUT2D eigenvalue weighted by Crippen LogP contribution is 2.34. The van der Waals surface area contributed by atoms with Gasteiger partial charge in [0.15, 0.2) is 11.5 Å². The number of aliphatic carboxylic acids is 1. The number of hydrogen-bond acceptors (Lipinski definition) is 14. The van der Waals surface area contributed by atoms with E-state index in [1.807, 2.05) is 0 Å². The summed E-state index contributed by atoms with van der Waals surface area (Å²) in [6.45, 7) is 1.51. The molecule has 0 aliphatic carbocycles. The Morgan fingerprint density at radius 2 is 1.36 bits per heavy atom. The maximum Gasteiger partial charge on any atom is 0.335 e. The molecule has 2 saturated heterocycles. The number of benzene rings is 2. The van der Waals surface area contributed by atoms with Gasteiger partial charge in [0.05, 0.1) is 6.10 Å². The van der Waals surface area contributed by atoms with E-state index in [1.54, 1.807) is 0 Å². The molecule has 15 heteroatoms. The van der Waals surface area contributed by atoms with Crippen LogP contribution in [-0.2, 0) is 14.3 Å². The van der Waals surface area contributed by atoms with Crippen molar-refractivity contribution in [2.24, 2.45) is 0 Å². The first-order valence-corrected chi connectivity index (χ1v) is 12.7. The minimum absolute atomic E-state index is 0.0650. The van der Waals surface area contributed by atoms with Crippen molar-refractivity contribution in [1.29, 1.82) is 0 Å². The first-order valence-electron chi connectivity index (χ1n) is 12.7. The van der Waals surface area contributed by atoms with E-state index < -0.39 is 78.6 Å². The van der Waals surface area contributed by atoms with Gasteiger partial charge in [-0.05, 0) is 31.2 Å². The lowest BCUT2D eigenvalue weighted by atomic mass is 9.99. The zero-order valence-corrected chi connectivity index (χ0v) is 21.8. The van der Waals surface area contributed by atoms with Gasteiger partial charge in [-0.1, -0.05) is 0 Å². The van der Waals surface area contributed by atoms with E-state index in [1.165, 1.54) is 37.3 Å². The molecule has 0 spiro atoms. The second-order valence-electron chi connectivity index (χ2n) is 9.97. The lowest BCUT2D eigenvalue weighted by Crippen LogP contribution is -2.61. The van der Waals surface area contributed by atoms with Crippen LogP contribution in [0.5, 0.6) is 17.2 Å². The van der Waals surface area contributed by atoms with Crippen molar-refractivity contribution in [2.75, 3.05) is 0 Å². The molecular weight excluding hydrogens is 564 g/mol. The molecule has 5 rings (SSSR count). The van der Waals surface area contributed by atoms with Crippen LogP contribution in [0.15, 0.2) is 51.7 Å². The lowest BCUT2D eigenvalue weighted by Gasteiger charge is -2.38. The van der Waals surface area contributed by atoms with Crippen molar-refractivity contribution < 1.29 is 69.0 Å². The van der Waals surface area contributed by atoms with Crippen LogP contribution in [0.1, 0.15) is 6.92 Å². The number of carboxylic acids is 1. The molecule has 3 heterocycles. The fraction of sp³-hybridized carbons (Fsp3) is 0.407. The molecule has 0 unspecified atom stereocenters. The van der Waals surface area contributed by atoms with Crippen molar-refractivity contribution in [3.8, 4) is 28.6 Å². The molecule has 0 bridgehead atoms. The Labute approximate surface area is 235 Å². The molecular formula is C27H28O15. The summed E-state index contributed by atoms with van der Waals surface area (Å²) in [6.07, 6.45) is -15.7. The number of phenolic OH excluding ortho intramolecular Hbond substituents is 1. The zero-order chi connectivity index (χ0) is 30.5. The van der Waals surface area contributed by atoms with Gasteiger partial charge in [-0.2, -0.15) is 0 Å². The molecule has 2 aliphatic rings. The number of rotatable bonds is 6. The monoisotopic (exact) mass is 592 g/mol. The molecule has 2 aliphatic heterocycles. The highest BCUT2D eigenvalue weighted by atomic mass is 16.7. The number of fused-ring (bicyclic) bond motifs is 1. The van der Waals surface area contributed by atoms with Gasteiger partial charge >= 0.3 is 5.97 Å². The molecule has 0 saturated carbocycles. The predicted molar refractivity (Wildman–Crippen MR) is 138 cm³/mol. The number of phenols is 1. The van der Waals surface area contributed by atoms with Crippen LogP contribution in [0.4, 0.5) is 0 Å². The number of hydrogen-bond donors (Lipinski definition) is 8. The summed E-state index contributed by atoms with van der Waals surface area (Å²) in [4.78, 5) is 24.2. The summed E-state index contributed by atoms with van der Waals surface area (Å²) in [5.41, 5.74) is -0.364. The van der Waals surface area contributed by atoms with Gasteiger partial charge < -0.3 is 64.2 Å². The van der Waals surface area contributed by atoms with Crippen LogP contribution >= 0.6 is 0 Å². The largest absolute Gasteiger partial charge is 0.507 e. The van der Waals surface area contributed by atoms with Crippen LogP contribution in [0.25, 0.3) is 22.3 Å². The molecule has 1 aromatic heterocycles. The maximum absolute atomic E-state index is 12.8. The Balaban J connectivity index is 1.38. The SMILES string of the molecule is C[C@@H]1O[C@@H](Oc2ccc(-c3cc(=O)c4c(O)cc(O[C@@H]5O[C@@H](C(=O)O)[C@@H](O)[C@@H](O)[C@@H]5O)cc4o3)cc2)[C@@H](O)[C@H](O)[C@H]1O. The minimum atomic E-state index is -1.93. The number of aliphatic hydroxyl groups is 6. The third-order valence-corrected chi connectivity index (χ3v) is 7.05. The summed E-state index contributed by atoms with van der Waals surface area (Å²) >= 11 is 0. The Kier molecular flexibility index (Phi) is 8.10. The Morgan fingerprint density at radius 1 is 0.762 bits per heavy atom. The molecule has 10 atom stereocenters. The smallest absolute Gasteiger partial charge is 0.335 e.